The minimum absolute atomic E-state index is 0.167. The molecule has 1 aromatic carbocycles. The summed E-state index contributed by atoms with van der Waals surface area (Å²) < 4.78 is 0. The lowest BCUT2D eigenvalue weighted by molar-refractivity contribution is -0.114. The second-order valence-corrected chi connectivity index (χ2v) is 2.77. The Morgan fingerprint density at radius 1 is 0.846 bits per heavy atom. The van der Waals surface area contributed by atoms with Crippen LogP contribution in [0.1, 0.15) is 34.1 Å². The van der Waals surface area contributed by atoms with Crippen molar-refractivity contribution in [2.75, 3.05) is 0 Å². The third-order valence-corrected chi connectivity index (χ3v) is 0.667. The van der Waals surface area contributed by atoms with Crippen LogP contribution in [0.15, 0.2) is 36.4 Å². The summed E-state index contributed by atoms with van der Waals surface area (Å²) in [7, 11) is 0. The van der Waals surface area contributed by atoms with Crippen LogP contribution >= 0.6 is 0 Å². The van der Waals surface area contributed by atoms with Crippen LogP contribution in [0.2, 0.25) is 0 Å². The maximum Gasteiger partial charge on any atom is 0.126 e. The molecule has 13 heavy (non-hydrogen) atoms. The number of ketones is 1. The van der Waals surface area contributed by atoms with E-state index < -0.39 is 0 Å². The Kier molecular flexibility index (Phi) is 14.9. The van der Waals surface area contributed by atoms with Crippen molar-refractivity contribution >= 4 is 5.78 Å². The van der Waals surface area contributed by atoms with Gasteiger partial charge in [-0.25, -0.2) is 0 Å². The highest BCUT2D eigenvalue weighted by molar-refractivity contribution is 5.72. The van der Waals surface area contributed by atoms with E-state index >= 15 is 0 Å². The summed E-state index contributed by atoms with van der Waals surface area (Å²) in [6.07, 6.45) is 1.25. The van der Waals surface area contributed by atoms with Gasteiger partial charge < -0.3 is 4.79 Å². The van der Waals surface area contributed by atoms with Gasteiger partial charge in [0.1, 0.15) is 5.78 Å². The van der Waals surface area contributed by atoms with Gasteiger partial charge in [0.15, 0.2) is 0 Å². The zero-order valence-corrected chi connectivity index (χ0v) is 9.08. The molecule has 0 fully saturated rings. The fourth-order valence-corrected chi connectivity index (χ4v) is 0.385. The van der Waals surface area contributed by atoms with Crippen molar-refractivity contribution in [2.45, 2.75) is 34.1 Å². The van der Waals surface area contributed by atoms with Crippen LogP contribution in [-0.2, 0) is 4.79 Å². The molecule has 1 rings (SSSR count). The molecule has 74 valence electrons. The van der Waals surface area contributed by atoms with Gasteiger partial charge in [-0.3, -0.25) is 0 Å². The van der Waals surface area contributed by atoms with Crippen molar-refractivity contribution in [3.8, 4) is 0 Å². The Hall–Kier alpha value is -1.11. The molecule has 0 aromatic heterocycles. The van der Waals surface area contributed by atoms with E-state index in [-0.39, 0.29) is 5.78 Å². The molecule has 0 radical (unpaired) electrons. The van der Waals surface area contributed by atoms with E-state index in [0.717, 1.165) is 0 Å². The largest absolute Gasteiger partial charge is 0.300 e. The van der Waals surface area contributed by atoms with E-state index in [9.17, 15) is 4.79 Å². The molecule has 1 aromatic rings. The minimum Gasteiger partial charge on any atom is -0.300 e. The zero-order valence-electron chi connectivity index (χ0n) is 9.08. The molecule has 0 saturated heterocycles. The molecule has 1 heteroatoms. The van der Waals surface area contributed by atoms with Gasteiger partial charge in [0.05, 0.1) is 0 Å². The molecule has 0 N–H and O–H groups in total. The van der Waals surface area contributed by atoms with Crippen LogP contribution < -0.4 is 0 Å². The second kappa shape index (κ2) is 13.5. The smallest absolute Gasteiger partial charge is 0.126 e. The third-order valence-electron chi connectivity index (χ3n) is 0.667. The number of rotatable bonds is 0. The third kappa shape index (κ3) is 36.0. The normalized spacial score (nSPS) is 7.08. The van der Waals surface area contributed by atoms with Crippen molar-refractivity contribution < 1.29 is 4.79 Å². The molecule has 0 unspecified atom stereocenters. The first-order valence-electron chi connectivity index (χ1n) is 4.62. The highest BCUT2D eigenvalue weighted by Crippen LogP contribution is 1.79. The zero-order chi connectivity index (χ0) is 10.5. The molecular formula is C12H20O. The molecule has 0 spiro atoms. The van der Waals surface area contributed by atoms with Crippen LogP contribution in [-0.4, -0.2) is 5.78 Å². The first kappa shape index (κ1) is 14.4. The molecule has 0 aliphatic heterocycles. The molecule has 0 aliphatic rings. The highest BCUT2D eigenvalue weighted by Gasteiger charge is 1.62. The van der Waals surface area contributed by atoms with Gasteiger partial charge in [-0.15, -0.1) is 0 Å². The lowest BCUT2D eigenvalue weighted by Gasteiger charge is -1.69. The van der Waals surface area contributed by atoms with Crippen LogP contribution in [0.4, 0.5) is 0 Å². The first-order valence-corrected chi connectivity index (χ1v) is 4.62. The van der Waals surface area contributed by atoms with Crippen molar-refractivity contribution in [1.29, 1.82) is 0 Å². The lowest BCUT2D eigenvalue weighted by atomic mass is 10.4. The Morgan fingerprint density at radius 2 is 0.923 bits per heavy atom. The Bertz CT molecular complexity index is 149. The van der Waals surface area contributed by atoms with E-state index in [2.05, 4.69) is 13.8 Å². The monoisotopic (exact) mass is 180 g/mol. The maximum absolute atomic E-state index is 9.44. The van der Waals surface area contributed by atoms with Gasteiger partial charge in [0.25, 0.3) is 0 Å². The van der Waals surface area contributed by atoms with Crippen molar-refractivity contribution in [2.24, 2.45) is 0 Å². The van der Waals surface area contributed by atoms with Crippen LogP contribution in [0, 0.1) is 0 Å². The molecule has 0 amide bonds. The van der Waals surface area contributed by atoms with Crippen molar-refractivity contribution in [3.63, 3.8) is 0 Å². The van der Waals surface area contributed by atoms with Crippen molar-refractivity contribution in [1.82, 2.24) is 0 Å². The molecule has 1 nitrogen and oxygen atoms in total. The first-order chi connectivity index (χ1) is 6.15. The summed E-state index contributed by atoms with van der Waals surface area (Å²) in [6, 6.07) is 12.0. The SMILES string of the molecule is CC(C)=O.CCC.c1ccccc1. The summed E-state index contributed by atoms with van der Waals surface area (Å²) in [5.74, 6) is 0.167. The molecule has 0 aliphatic carbocycles. The summed E-state index contributed by atoms with van der Waals surface area (Å²) in [5.41, 5.74) is 0. The lowest BCUT2D eigenvalue weighted by Crippen LogP contribution is -1.69. The van der Waals surface area contributed by atoms with E-state index in [1.807, 2.05) is 36.4 Å². The van der Waals surface area contributed by atoms with Gasteiger partial charge >= 0.3 is 0 Å². The fraction of sp³-hybridized carbons (Fsp3) is 0.417. The van der Waals surface area contributed by atoms with Gasteiger partial charge in [0.2, 0.25) is 0 Å². The Labute approximate surface area is 81.8 Å². The predicted molar refractivity (Wildman–Crippen MR) is 58.8 cm³/mol. The molecular weight excluding hydrogens is 160 g/mol. The van der Waals surface area contributed by atoms with Gasteiger partial charge in [-0.2, -0.15) is 0 Å². The summed E-state index contributed by atoms with van der Waals surface area (Å²) in [6.45, 7) is 7.31. The van der Waals surface area contributed by atoms with E-state index in [4.69, 9.17) is 0 Å². The van der Waals surface area contributed by atoms with Gasteiger partial charge in [0, 0.05) is 0 Å². The molecule has 0 saturated carbocycles. The molecule has 0 heterocycles. The molecule has 0 bridgehead atoms. The predicted octanol–water partition coefficient (Wildman–Crippen LogP) is 3.70. The van der Waals surface area contributed by atoms with Crippen LogP contribution in [0.5, 0.6) is 0 Å². The summed E-state index contributed by atoms with van der Waals surface area (Å²) in [5, 5.41) is 0. The van der Waals surface area contributed by atoms with E-state index in [1.165, 1.54) is 20.3 Å². The number of Topliss-reactive ketones (excluding diaryl/α,β-unsaturated/α-hetero) is 1. The number of carbonyl (C=O) groups excluding carboxylic acids is 1. The van der Waals surface area contributed by atoms with Gasteiger partial charge in [-0.05, 0) is 13.8 Å². The average molecular weight is 180 g/mol. The van der Waals surface area contributed by atoms with Crippen LogP contribution in [0.3, 0.4) is 0 Å². The highest BCUT2D eigenvalue weighted by atomic mass is 16.1. The minimum atomic E-state index is 0.167. The number of hydrogen-bond donors (Lipinski definition) is 0. The Morgan fingerprint density at radius 3 is 1.00 bits per heavy atom. The average Bonchev–Trinajstić information content (AvgIpc) is 2.08. The number of benzene rings is 1. The van der Waals surface area contributed by atoms with E-state index in [0.29, 0.717) is 0 Å². The topological polar surface area (TPSA) is 17.1 Å². The quantitative estimate of drug-likeness (QED) is 0.595. The van der Waals surface area contributed by atoms with Crippen LogP contribution in [0.25, 0.3) is 0 Å². The van der Waals surface area contributed by atoms with Gasteiger partial charge in [-0.1, -0.05) is 56.7 Å². The van der Waals surface area contributed by atoms with E-state index in [1.54, 1.807) is 0 Å². The van der Waals surface area contributed by atoms with Crippen molar-refractivity contribution in [3.05, 3.63) is 36.4 Å². The molecule has 0 atom stereocenters. The number of hydrogen-bond acceptors (Lipinski definition) is 1. The Balaban J connectivity index is 0. The fourth-order valence-electron chi connectivity index (χ4n) is 0.385. The summed E-state index contributed by atoms with van der Waals surface area (Å²) in [4.78, 5) is 9.44. The number of carbonyl (C=O) groups is 1. The second-order valence-electron chi connectivity index (χ2n) is 2.77. The summed E-state index contributed by atoms with van der Waals surface area (Å²) >= 11 is 0. The maximum atomic E-state index is 9.44. The standard InChI is InChI=1S/C6H6.C3H6O.C3H8/c1-2-4-6-5-3-1;1-3(2)4;1-3-2/h1-6H;1-2H3;3H2,1-2H3.